The monoisotopic (exact) mass is 473 g/mol. The number of carbonyl (C=O) groups excluding carboxylic acids is 1. The molecule has 2 aromatic heterocycles. The minimum Gasteiger partial charge on any atom is -0.344 e. The number of fused-ring (bicyclic) bond motifs is 1. The number of nitrogens with one attached hydrogen (secondary N) is 1. The van der Waals surface area contributed by atoms with Crippen molar-refractivity contribution >= 4 is 23.5 Å². The molecule has 34 heavy (non-hydrogen) atoms. The number of likely N-dealkylation sites (N-methyl/N-ethyl adjacent to an activating group) is 1. The zero-order valence-electron chi connectivity index (χ0n) is 18.3. The van der Waals surface area contributed by atoms with Crippen LogP contribution >= 0.6 is 0 Å². The van der Waals surface area contributed by atoms with Crippen molar-refractivity contribution in [3.63, 3.8) is 0 Å². The van der Waals surface area contributed by atoms with E-state index in [0.29, 0.717) is 25.2 Å². The molecule has 1 N–H and O–H groups in total. The van der Waals surface area contributed by atoms with Crippen LogP contribution in [0.5, 0.6) is 0 Å². The molecule has 1 saturated heterocycles. The molecule has 0 spiro atoms. The zero-order valence-corrected chi connectivity index (χ0v) is 18.3. The van der Waals surface area contributed by atoms with Crippen molar-refractivity contribution in [2.24, 2.45) is 0 Å². The molecule has 1 aromatic carbocycles. The van der Waals surface area contributed by atoms with E-state index in [0.717, 1.165) is 17.5 Å². The number of carbonyl (C=O) groups is 1. The lowest BCUT2D eigenvalue weighted by Crippen LogP contribution is -2.29. The van der Waals surface area contributed by atoms with Crippen LogP contribution in [0.1, 0.15) is 29.3 Å². The lowest BCUT2D eigenvalue weighted by Gasteiger charge is -2.26. The molecule has 9 nitrogen and oxygen atoms in total. The summed E-state index contributed by atoms with van der Waals surface area (Å²) >= 11 is 0. The molecule has 12 heteroatoms. The number of halogens is 3. The third-order valence-corrected chi connectivity index (χ3v) is 5.89. The summed E-state index contributed by atoms with van der Waals surface area (Å²) in [6.07, 6.45) is -2.80. The summed E-state index contributed by atoms with van der Waals surface area (Å²) in [5.74, 6) is -0.143. The standard InChI is InChI=1S/C22H22F3N7O2/c1-30-9-7-15-11-18(29-31(15)13-19(30)33)27-21-26-12-16(22(23,24)25)20(28-21)32-17(8-10-34-32)14-5-3-2-4-6-14/h2-6,11-12,17H,7-10,13H2,1H3,(H,26,27,28,29). The van der Waals surface area contributed by atoms with E-state index in [2.05, 4.69) is 20.4 Å². The van der Waals surface area contributed by atoms with Crippen molar-refractivity contribution in [2.75, 3.05) is 30.6 Å². The van der Waals surface area contributed by atoms with Gasteiger partial charge in [-0.1, -0.05) is 30.3 Å². The number of hydrogen-bond donors (Lipinski definition) is 1. The third kappa shape index (κ3) is 4.28. The number of aromatic nitrogens is 4. The lowest BCUT2D eigenvalue weighted by molar-refractivity contribution is -0.138. The van der Waals surface area contributed by atoms with Crippen LogP contribution in [-0.4, -0.2) is 50.8 Å². The second-order valence-corrected chi connectivity index (χ2v) is 8.17. The van der Waals surface area contributed by atoms with Crippen LogP contribution in [0.3, 0.4) is 0 Å². The molecule has 3 aromatic rings. The normalized spacial score (nSPS) is 18.7. The van der Waals surface area contributed by atoms with Gasteiger partial charge >= 0.3 is 6.18 Å². The van der Waals surface area contributed by atoms with E-state index in [1.54, 1.807) is 22.7 Å². The van der Waals surface area contributed by atoms with E-state index in [-0.39, 0.29) is 30.8 Å². The Hall–Kier alpha value is -3.67. The molecule has 1 fully saturated rings. The maximum Gasteiger partial charge on any atom is 0.421 e. The molecule has 4 heterocycles. The van der Waals surface area contributed by atoms with Crippen molar-refractivity contribution in [3.05, 3.63) is 59.4 Å². The van der Waals surface area contributed by atoms with Crippen LogP contribution in [0.4, 0.5) is 30.8 Å². The smallest absolute Gasteiger partial charge is 0.344 e. The highest BCUT2D eigenvalue weighted by Crippen LogP contribution is 2.41. The molecule has 2 aliphatic heterocycles. The van der Waals surface area contributed by atoms with Crippen LogP contribution < -0.4 is 10.4 Å². The number of alkyl halides is 3. The second kappa shape index (κ2) is 8.60. The number of amides is 1. The fraction of sp³-hybridized carbons (Fsp3) is 0.364. The topological polar surface area (TPSA) is 88.4 Å². The Kier molecular flexibility index (Phi) is 5.60. The highest BCUT2D eigenvalue weighted by Gasteiger charge is 2.40. The highest BCUT2D eigenvalue weighted by molar-refractivity contribution is 5.76. The van der Waals surface area contributed by atoms with Gasteiger partial charge in [-0.3, -0.25) is 14.3 Å². The van der Waals surface area contributed by atoms with Crippen molar-refractivity contribution in [2.45, 2.75) is 31.6 Å². The number of hydroxylamine groups is 1. The van der Waals surface area contributed by atoms with Crippen LogP contribution in [0.25, 0.3) is 0 Å². The first-order chi connectivity index (χ1) is 16.3. The molecule has 1 atom stereocenters. The number of hydrogen-bond acceptors (Lipinski definition) is 7. The van der Waals surface area contributed by atoms with E-state index >= 15 is 0 Å². The molecule has 5 rings (SSSR count). The number of anilines is 3. The minimum atomic E-state index is -4.67. The first-order valence-corrected chi connectivity index (χ1v) is 10.8. The van der Waals surface area contributed by atoms with Crippen LogP contribution in [-0.2, 0) is 28.8 Å². The van der Waals surface area contributed by atoms with E-state index in [1.165, 1.54) is 5.06 Å². The largest absolute Gasteiger partial charge is 0.421 e. The van der Waals surface area contributed by atoms with Gasteiger partial charge in [-0.2, -0.15) is 23.3 Å². The molecular weight excluding hydrogens is 451 g/mol. The van der Waals surface area contributed by atoms with E-state index in [1.807, 2.05) is 30.3 Å². The van der Waals surface area contributed by atoms with Crippen LogP contribution in [0, 0.1) is 0 Å². The number of benzene rings is 1. The maximum atomic E-state index is 13.8. The van der Waals surface area contributed by atoms with Gasteiger partial charge in [0.1, 0.15) is 12.1 Å². The summed E-state index contributed by atoms with van der Waals surface area (Å²) in [5.41, 5.74) is 0.670. The molecule has 1 amide bonds. The van der Waals surface area contributed by atoms with Gasteiger partial charge in [-0.05, 0) is 5.56 Å². The predicted octanol–water partition coefficient (Wildman–Crippen LogP) is 3.33. The maximum absolute atomic E-state index is 13.8. The van der Waals surface area contributed by atoms with Gasteiger partial charge < -0.3 is 10.2 Å². The molecule has 2 aliphatic rings. The summed E-state index contributed by atoms with van der Waals surface area (Å²) in [6, 6.07) is 10.5. The zero-order chi connectivity index (χ0) is 23.9. The van der Waals surface area contributed by atoms with Gasteiger partial charge in [0.05, 0.1) is 12.6 Å². The predicted molar refractivity (Wildman–Crippen MR) is 116 cm³/mol. The fourth-order valence-electron chi connectivity index (χ4n) is 4.08. The second-order valence-electron chi connectivity index (χ2n) is 8.17. The Balaban J connectivity index is 1.47. The first-order valence-electron chi connectivity index (χ1n) is 10.8. The van der Waals surface area contributed by atoms with Crippen LogP contribution in [0.2, 0.25) is 0 Å². The quantitative estimate of drug-likeness (QED) is 0.622. The Bertz CT molecular complexity index is 1200. The van der Waals surface area contributed by atoms with E-state index in [4.69, 9.17) is 4.84 Å². The van der Waals surface area contributed by atoms with Gasteiger partial charge in [-0.15, -0.1) is 0 Å². The van der Waals surface area contributed by atoms with Gasteiger partial charge in [0.2, 0.25) is 11.9 Å². The highest BCUT2D eigenvalue weighted by atomic mass is 19.4. The minimum absolute atomic E-state index is 0.0537. The van der Waals surface area contributed by atoms with Gasteiger partial charge in [0.25, 0.3) is 0 Å². The number of rotatable bonds is 4. The average molecular weight is 473 g/mol. The number of nitrogens with zero attached hydrogens (tertiary/aromatic N) is 6. The fourth-order valence-corrected chi connectivity index (χ4v) is 4.08. The van der Waals surface area contributed by atoms with E-state index < -0.39 is 17.8 Å². The summed E-state index contributed by atoms with van der Waals surface area (Å²) in [7, 11) is 1.73. The summed E-state index contributed by atoms with van der Waals surface area (Å²) in [5, 5.41) is 8.45. The summed E-state index contributed by atoms with van der Waals surface area (Å²) in [6.45, 7) is 0.908. The Morgan fingerprint density at radius 1 is 1.21 bits per heavy atom. The molecule has 178 valence electrons. The van der Waals surface area contributed by atoms with Crippen molar-refractivity contribution in [1.82, 2.24) is 24.6 Å². The molecule has 0 bridgehead atoms. The molecule has 1 unspecified atom stereocenters. The summed E-state index contributed by atoms with van der Waals surface area (Å²) < 4.78 is 43.0. The average Bonchev–Trinajstić information content (AvgIpc) is 3.41. The van der Waals surface area contributed by atoms with Gasteiger partial charge in [-0.25, -0.2) is 10.0 Å². The van der Waals surface area contributed by atoms with Gasteiger partial charge in [0, 0.05) is 44.4 Å². The molecular formula is C22H22F3N7O2. The van der Waals surface area contributed by atoms with Gasteiger partial charge in [0.15, 0.2) is 11.6 Å². The Morgan fingerprint density at radius 3 is 2.76 bits per heavy atom. The van der Waals surface area contributed by atoms with E-state index in [9.17, 15) is 18.0 Å². The summed E-state index contributed by atoms with van der Waals surface area (Å²) in [4.78, 5) is 27.4. The first kappa shape index (κ1) is 22.1. The molecule has 0 saturated carbocycles. The third-order valence-electron chi connectivity index (χ3n) is 5.89. The van der Waals surface area contributed by atoms with Crippen molar-refractivity contribution < 1.29 is 22.8 Å². The lowest BCUT2D eigenvalue weighted by atomic mass is 10.0. The SMILES string of the molecule is CN1CCc2cc(Nc3ncc(C(F)(F)F)c(N4OCCC4c4ccccc4)n3)nn2CC1=O. The van der Waals surface area contributed by atoms with Crippen molar-refractivity contribution in [1.29, 1.82) is 0 Å². The van der Waals surface area contributed by atoms with Crippen LogP contribution in [0.15, 0.2) is 42.6 Å². The van der Waals surface area contributed by atoms with Crippen molar-refractivity contribution in [3.8, 4) is 0 Å². The Morgan fingerprint density at radius 2 is 2.00 bits per heavy atom. The molecule has 0 radical (unpaired) electrons. The molecule has 0 aliphatic carbocycles. The Labute approximate surface area is 193 Å².